The van der Waals surface area contributed by atoms with Crippen molar-refractivity contribution in [2.24, 2.45) is 0 Å². The molecule has 17 nitrogen and oxygen atoms in total. The fourth-order valence-electron chi connectivity index (χ4n) is 3.42. The molecule has 0 rings (SSSR count). The number of nitrogens with zero attached hydrogens (tertiary/aromatic N) is 5. The lowest BCUT2D eigenvalue weighted by Gasteiger charge is -2.23. The Morgan fingerprint density at radius 3 is 1.77 bits per heavy atom. The number of nitrogens with one attached hydrogen (secondary N) is 3. The summed E-state index contributed by atoms with van der Waals surface area (Å²) in [6, 6.07) is -3.90. The number of rotatable bonds is 22. The van der Waals surface area contributed by atoms with Gasteiger partial charge in [-0.05, 0) is 40.3 Å². The largest absolute Gasteiger partial charge is 0.464 e. The molecule has 0 aliphatic rings. The van der Waals surface area contributed by atoms with Gasteiger partial charge in [0.15, 0.2) is 0 Å². The Kier molecular flexibility index (Phi) is 19.4. The number of hydrogen-bond donors (Lipinski definition) is 3. The van der Waals surface area contributed by atoms with Crippen LogP contribution in [0, 0.1) is 0 Å². The molecule has 0 aromatic rings. The standard InChI is InChI=1S/C26H38N8O9/c1-5-13-43-26(41)20(32-23(38)16-34(3)4)11-12-22(37)31-19(9-7-17(35)14-29-27)24(39)33-21(25(40)42-6-2)10-8-18(36)15-30-28/h5,14-15,19-21H,1,6-13,16H2,2-4H3,(H,31,37)(H,32,38)(H,33,39)/t19-,20-,21-/m0/s1. The van der Waals surface area contributed by atoms with Crippen LogP contribution in [0.2, 0.25) is 0 Å². The molecular formula is C26H38N8O9. The second-order valence-electron chi connectivity index (χ2n) is 9.25. The minimum atomic E-state index is -1.38. The van der Waals surface area contributed by atoms with Crippen LogP contribution >= 0.6 is 0 Å². The zero-order chi connectivity index (χ0) is 32.8. The van der Waals surface area contributed by atoms with Crippen LogP contribution in [0.25, 0.3) is 11.1 Å². The molecule has 0 unspecified atom stereocenters. The molecule has 3 N–H and O–H groups in total. The van der Waals surface area contributed by atoms with E-state index in [1.165, 1.54) is 13.0 Å². The van der Waals surface area contributed by atoms with Crippen LogP contribution in [-0.4, -0.2) is 120 Å². The third kappa shape index (κ3) is 17.5. The quantitative estimate of drug-likeness (QED) is 0.0417. The molecule has 0 fully saturated rings. The normalized spacial score (nSPS) is 12.2. The fraction of sp³-hybridized carbons (Fsp3) is 0.577. The Hall–Kier alpha value is -4.85. The van der Waals surface area contributed by atoms with E-state index < -0.39 is 59.4 Å². The maximum absolute atomic E-state index is 13.1. The fourth-order valence-corrected chi connectivity index (χ4v) is 3.42. The van der Waals surface area contributed by atoms with Crippen molar-refractivity contribution in [1.82, 2.24) is 20.9 Å². The smallest absolute Gasteiger partial charge is 0.328 e. The van der Waals surface area contributed by atoms with Crippen LogP contribution in [0.5, 0.6) is 0 Å². The molecule has 3 amide bonds. The van der Waals surface area contributed by atoms with E-state index in [1.54, 1.807) is 19.0 Å². The van der Waals surface area contributed by atoms with Gasteiger partial charge in [0.25, 0.3) is 0 Å². The first kappa shape index (κ1) is 38.1. The van der Waals surface area contributed by atoms with E-state index in [2.05, 4.69) is 32.1 Å². The highest BCUT2D eigenvalue weighted by molar-refractivity contribution is 6.25. The Morgan fingerprint density at radius 1 is 0.767 bits per heavy atom. The van der Waals surface area contributed by atoms with Crippen molar-refractivity contribution >= 4 is 53.7 Å². The Bertz CT molecular complexity index is 1130. The summed E-state index contributed by atoms with van der Waals surface area (Å²) in [5.41, 5.74) is 17.1. The van der Waals surface area contributed by atoms with E-state index >= 15 is 0 Å². The van der Waals surface area contributed by atoms with E-state index in [4.69, 9.17) is 20.5 Å². The molecule has 43 heavy (non-hydrogen) atoms. The molecule has 17 heteroatoms. The molecule has 0 saturated heterocycles. The van der Waals surface area contributed by atoms with Crippen molar-refractivity contribution in [3.8, 4) is 0 Å². The molecule has 3 atom stereocenters. The van der Waals surface area contributed by atoms with Crippen molar-refractivity contribution in [3.63, 3.8) is 0 Å². The number of ketones is 2. The molecule has 0 aromatic carbocycles. The number of carbonyl (C=O) groups is 7. The van der Waals surface area contributed by atoms with Crippen molar-refractivity contribution in [1.29, 1.82) is 0 Å². The summed E-state index contributed by atoms with van der Waals surface area (Å²) in [4.78, 5) is 93.4. The summed E-state index contributed by atoms with van der Waals surface area (Å²) in [7, 11) is 3.29. The summed E-state index contributed by atoms with van der Waals surface area (Å²) >= 11 is 0. The van der Waals surface area contributed by atoms with Gasteiger partial charge >= 0.3 is 24.4 Å². The molecule has 0 saturated carbocycles. The topological polar surface area (TPSA) is 250 Å². The number of carbonyl (C=O) groups excluding carboxylic acids is 7. The molecule has 0 heterocycles. The highest BCUT2D eigenvalue weighted by Crippen LogP contribution is 2.07. The lowest BCUT2D eigenvalue weighted by atomic mass is 10.0. The maximum Gasteiger partial charge on any atom is 0.328 e. The molecular weight excluding hydrogens is 568 g/mol. The average Bonchev–Trinajstić information content (AvgIpc) is 2.93. The van der Waals surface area contributed by atoms with Gasteiger partial charge in [-0.1, -0.05) is 12.7 Å². The van der Waals surface area contributed by atoms with E-state index in [1.807, 2.05) is 0 Å². The third-order valence-electron chi connectivity index (χ3n) is 5.38. The summed E-state index contributed by atoms with van der Waals surface area (Å²) in [5.74, 6) is -5.12. The molecule has 0 aliphatic carbocycles. The van der Waals surface area contributed by atoms with Gasteiger partial charge in [0.1, 0.15) is 24.7 Å². The van der Waals surface area contributed by atoms with Crippen LogP contribution < -0.4 is 16.0 Å². The zero-order valence-corrected chi connectivity index (χ0v) is 24.4. The number of ether oxygens (including phenoxy) is 2. The van der Waals surface area contributed by atoms with Crippen molar-refractivity contribution < 1.29 is 52.6 Å². The van der Waals surface area contributed by atoms with Gasteiger partial charge in [0.2, 0.25) is 29.3 Å². The summed E-state index contributed by atoms with van der Waals surface area (Å²) in [6.45, 7) is 4.78. The second kappa shape index (κ2) is 21.8. The van der Waals surface area contributed by atoms with E-state index in [9.17, 15) is 33.6 Å². The van der Waals surface area contributed by atoms with E-state index in [-0.39, 0.29) is 58.3 Å². The van der Waals surface area contributed by atoms with E-state index in [0.717, 1.165) is 0 Å². The highest BCUT2D eigenvalue weighted by atomic mass is 16.5. The minimum absolute atomic E-state index is 0.0338. The highest BCUT2D eigenvalue weighted by Gasteiger charge is 2.30. The molecule has 0 bridgehead atoms. The van der Waals surface area contributed by atoms with Crippen LogP contribution in [0.3, 0.4) is 0 Å². The van der Waals surface area contributed by atoms with Gasteiger partial charge in [-0.3, -0.25) is 24.0 Å². The Morgan fingerprint density at radius 2 is 1.26 bits per heavy atom. The van der Waals surface area contributed by atoms with Gasteiger partial charge in [0.05, 0.1) is 13.2 Å². The third-order valence-corrected chi connectivity index (χ3v) is 5.38. The van der Waals surface area contributed by atoms with Gasteiger partial charge < -0.3 is 41.4 Å². The number of Topliss-reactive ketones (excluding diaryl/α,β-unsaturated/α-hetero) is 2. The van der Waals surface area contributed by atoms with Gasteiger partial charge in [-0.25, -0.2) is 9.59 Å². The van der Waals surface area contributed by atoms with Crippen molar-refractivity contribution in [3.05, 3.63) is 23.7 Å². The maximum atomic E-state index is 13.1. The van der Waals surface area contributed by atoms with E-state index in [0.29, 0.717) is 12.4 Å². The lowest BCUT2D eigenvalue weighted by molar-refractivity contribution is -0.148. The van der Waals surface area contributed by atoms with Crippen LogP contribution in [-0.2, 0) is 43.0 Å². The number of likely N-dealkylation sites (N-methyl/N-ethyl adjacent to an activating group) is 1. The summed E-state index contributed by atoms with van der Waals surface area (Å²) in [5, 5.41) is 7.30. The Labute approximate surface area is 248 Å². The monoisotopic (exact) mass is 606 g/mol. The van der Waals surface area contributed by atoms with Gasteiger partial charge in [0, 0.05) is 19.3 Å². The van der Waals surface area contributed by atoms with Crippen molar-refractivity contribution in [2.45, 2.75) is 63.6 Å². The van der Waals surface area contributed by atoms with Crippen molar-refractivity contribution in [2.75, 3.05) is 33.9 Å². The molecule has 0 aliphatic heterocycles. The first-order valence-electron chi connectivity index (χ1n) is 13.3. The van der Waals surface area contributed by atoms with Gasteiger partial charge in [-0.2, -0.15) is 9.58 Å². The van der Waals surface area contributed by atoms with Crippen LogP contribution in [0.15, 0.2) is 12.7 Å². The predicted molar refractivity (Wildman–Crippen MR) is 149 cm³/mol. The molecule has 236 valence electrons. The van der Waals surface area contributed by atoms with Crippen LogP contribution in [0.4, 0.5) is 0 Å². The lowest BCUT2D eigenvalue weighted by Crippen LogP contribution is -2.52. The predicted octanol–water partition coefficient (Wildman–Crippen LogP) is -1.63. The second-order valence-corrected chi connectivity index (χ2v) is 9.25. The molecule has 0 radical (unpaired) electrons. The number of hydrogen-bond acceptors (Lipinski definition) is 10. The molecule has 0 aromatic heterocycles. The summed E-state index contributed by atoms with van der Waals surface area (Å²) < 4.78 is 9.94. The molecule has 0 spiro atoms. The van der Waals surface area contributed by atoms with Crippen LogP contribution in [0.1, 0.15) is 45.4 Å². The first-order chi connectivity index (χ1) is 20.4. The number of esters is 2. The average molecular weight is 607 g/mol. The summed E-state index contributed by atoms with van der Waals surface area (Å²) in [6.07, 6.45) is 0.871. The minimum Gasteiger partial charge on any atom is -0.464 e. The Balaban J connectivity index is 5.74. The SMILES string of the molecule is C=CCOC(=O)[C@H](CCC(=O)N[C@@H](CCC(=O)C=[N+]=[N-])C(=O)N[C@@H](CCC(=O)C=[N+]=[N-])C(=O)OCC)NC(=O)CN(C)C. The first-order valence-corrected chi connectivity index (χ1v) is 13.3. The van der Waals surface area contributed by atoms with Gasteiger partial charge in [-0.15, -0.1) is 0 Å². The zero-order valence-electron chi connectivity index (χ0n) is 24.4. The number of amides is 3.